The Kier molecular flexibility index (Phi) is 3.06. The average Bonchev–Trinajstić information content (AvgIpc) is 2.80. The molecule has 0 aliphatic carbocycles. The average molecular weight is 242 g/mol. The fourth-order valence-electron chi connectivity index (χ4n) is 2.05. The molecule has 1 aliphatic heterocycles. The minimum Gasteiger partial charge on any atom is -0.492 e. The smallest absolute Gasteiger partial charge is 0.119 e. The molecule has 1 atom stereocenters. The molecule has 0 radical (unpaired) electrons. The summed E-state index contributed by atoms with van der Waals surface area (Å²) < 4.78 is 5.80. The maximum atomic E-state index is 5.80. The third kappa shape index (κ3) is 2.47. The van der Waals surface area contributed by atoms with E-state index < -0.39 is 0 Å². The van der Waals surface area contributed by atoms with Crippen molar-refractivity contribution in [3.8, 4) is 5.75 Å². The number of thioether (sulfide) groups is 1. The van der Waals surface area contributed by atoms with E-state index in [9.17, 15) is 0 Å². The van der Waals surface area contributed by atoms with Gasteiger partial charge in [-0.05, 0) is 30.2 Å². The largest absolute Gasteiger partial charge is 0.492 e. The highest BCUT2D eigenvalue weighted by atomic mass is 32.2. The molecule has 1 nitrogen and oxygen atoms in total. The number of fused-ring (bicyclic) bond motifs is 1. The third-order valence-corrected chi connectivity index (χ3v) is 4.18. The van der Waals surface area contributed by atoms with E-state index in [-0.39, 0.29) is 0 Å². The first-order valence-corrected chi connectivity index (χ1v) is 6.72. The van der Waals surface area contributed by atoms with E-state index in [1.165, 1.54) is 10.5 Å². The predicted molar refractivity (Wildman–Crippen MR) is 71.7 cm³/mol. The quantitative estimate of drug-likeness (QED) is 0.810. The van der Waals surface area contributed by atoms with Gasteiger partial charge in [0.25, 0.3) is 0 Å². The highest BCUT2D eigenvalue weighted by Crippen LogP contribution is 2.36. The molecule has 0 N–H and O–H groups in total. The molecule has 1 heterocycles. The van der Waals surface area contributed by atoms with Crippen molar-refractivity contribution in [3.63, 3.8) is 0 Å². The molecule has 86 valence electrons. The zero-order chi connectivity index (χ0) is 11.5. The summed E-state index contributed by atoms with van der Waals surface area (Å²) in [5.41, 5.74) is 1.46. The molecule has 3 rings (SSSR count). The summed E-state index contributed by atoms with van der Waals surface area (Å²) in [6.45, 7) is 0.781. The number of benzene rings is 2. The van der Waals surface area contributed by atoms with Gasteiger partial charge in [-0.15, -0.1) is 11.8 Å². The van der Waals surface area contributed by atoms with Gasteiger partial charge >= 0.3 is 0 Å². The van der Waals surface area contributed by atoms with Crippen LogP contribution in [0.5, 0.6) is 5.75 Å². The lowest BCUT2D eigenvalue weighted by Gasteiger charge is -2.10. The first kappa shape index (κ1) is 10.7. The summed E-state index contributed by atoms with van der Waals surface area (Å²) in [6, 6.07) is 18.7. The number of hydrogen-bond donors (Lipinski definition) is 0. The van der Waals surface area contributed by atoms with E-state index in [0.29, 0.717) is 5.25 Å². The van der Waals surface area contributed by atoms with Crippen LogP contribution in [-0.2, 0) is 6.42 Å². The summed E-state index contributed by atoms with van der Waals surface area (Å²) in [5.74, 6) is 0.962. The van der Waals surface area contributed by atoms with Gasteiger partial charge in [-0.25, -0.2) is 0 Å². The molecule has 1 aliphatic rings. The summed E-state index contributed by atoms with van der Waals surface area (Å²) in [4.78, 5) is 1.41. The molecule has 0 saturated heterocycles. The van der Waals surface area contributed by atoms with Gasteiger partial charge in [0.2, 0.25) is 0 Å². The molecular formula is C15H14OS. The van der Waals surface area contributed by atoms with Crippen molar-refractivity contribution in [2.24, 2.45) is 0 Å². The Labute approximate surface area is 106 Å². The van der Waals surface area contributed by atoms with Crippen molar-refractivity contribution >= 4 is 11.8 Å². The Morgan fingerprint density at radius 3 is 2.59 bits per heavy atom. The maximum absolute atomic E-state index is 5.80. The Morgan fingerprint density at radius 2 is 1.76 bits per heavy atom. The van der Waals surface area contributed by atoms with Crippen molar-refractivity contribution in [3.05, 3.63) is 60.2 Å². The van der Waals surface area contributed by atoms with Gasteiger partial charge in [-0.1, -0.05) is 36.4 Å². The minimum absolute atomic E-state index is 0.549. The van der Waals surface area contributed by atoms with Gasteiger partial charge in [-0.2, -0.15) is 0 Å². The number of ether oxygens (including phenoxy) is 1. The van der Waals surface area contributed by atoms with Crippen LogP contribution in [0.25, 0.3) is 0 Å². The lowest BCUT2D eigenvalue weighted by molar-refractivity contribution is 0.317. The van der Waals surface area contributed by atoms with Crippen LogP contribution in [0.2, 0.25) is 0 Å². The second kappa shape index (κ2) is 4.84. The highest BCUT2D eigenvalue weighted by Gasteiger charge is 2.22. The number of rotatable bonds is 3. The molecule has 17 heavy (non-hydrogen) atoms. The second-order valence-electron chi connectivity index (χ2n) is 4.18. The molecule has 0 fully saturated rings. The molecule has 0 bridgehead atoms. The van der Waals surface area contributed by atoms with Gasteiger partial charge in [0.15, 0.2) is 0 Å². The molecule has 2 aromatic rings. The molecule has 0 saturated carbocycles. The highest BCUT2D eigenvalue weighted by molar-refractivity contribution is 8.00. The van der Waals surface area contributed by atoms with Gasteiger partial charge in [0.1, 0.15) is 12.4 Å². The second-order valence-corrected chi connectivity index (χ2v) is 5.52. The summed E-state index contributed by atoms with van der Waals surface area (Å²) in [6.07, 6.45) is 1.12. The maximum Gasteiger partial charge on any atom is 0.119 e. The predicted octanol–water partition coefficient (Wildman–Crippen LogP) is 3.78. The van der Waals surface area contributed by atoms with Gasteiger partial charge in [0, 0.05) is 10.1 Å². The van der Waals surface area contributed by atoms with Gasteiger partial charge in [0.05, 0.1) is 0 Å². The molecule has 0 spiro atoms. The van der Waals surface area contributed by atoms with Crippen LogP contribution in [-0.4, -0.2) is 11.9 Å². The molecule has 0 amide bonds. The van der Waals surface area contributed by atoms with Crippen molar-refractivity contribution in [2.75, 3.05) is 6.61 Å². The SMILES string of the molecule is c1ccc(OCC2Cc3ccccc3S2)cc1. The first-order chi connectivity index (χ1) is 8.42. The van der Waals surface area contributed by atoms with Crippen LogP contribution in [0.3, 0.4) is 0 Å². The summed E-state index contributed by atoms with van der Waals surface area (Å²) >= 11 is 1.93. The Hall–Kier alpha value is -1.41. The molecule has 2 heteroatoms. The van der Waals surface area contributed by atoms with Gasteiger partial charge in [-0.3, -0.25) is 0 Å². The normalized spacial score (nSPS) is 17.8. The summed E-state index contributed by atoms with van der Waals surface area (Å²) in [5, 5.41) is 0.549. The monoisotopic (exact) mass is 242 g/mol. The van der Waals surface area contributed by atoms with Crippen LogP contribution in [0.15, 0.2) is 59.5 Å². The van der Waals surface area contributed by atoms with Crippen LogP contribution in [0.1, 0.15) is 5.56 Å². The molecule has 2 aromatic carbocycles. The van der Waals surface area contributed by atoms with E-state index in [1.54, 1.807) is 0 Å². The van der Waals surface area contributed by atoms with Crippen molar-refractivity contribution < 1.29 is 4.74 Å². The number of hydrogen-bond acceptors (Lipinski definition) is 2. The van der Waals surface area contributed by atoms with E-state index in [0.717, 1.165) is 18.8 Å². The minimum atomic E-state index is 0.549. The molecule has 0 aromatic heterocycles. The van der Waals surface area contributed by atoms with E-state index in [4.69, 9.17) is 4.74 Å². The molecular weight excluding hydrogens is 228 g/mol. The van der Waals surface area contributed by atoms with Crippen LogP contribution in [0, 0.1) is 0 Å². The van der Waals surface area contributed by atoms with E-state index in [2.05, 4.69) is 24.3 Å². The zero-order valence-corrected chi connectivity index (χ0v) is 10.3. The van der Waals surface area contributed by atoms with Crippen molar-refractivity contribution in [2.45, 2.75) is 16.6 Å². The lowest BCUT2D eigenvalue weighted by Crippen LogP contribution is -2.13. The Balaban J connectivity index is 1.59. The van der Waals surface area contributed by atoms with Crippen molar-refractivity contribution in [1.29, 1.82) is 0 Å². The standard InChI is InChI=1S/C15H14OS/c1-2-7-13(8-3-1)16-11-14-10-12-6-4-5-9-15(12)17-14/h1-9,14H,10-11H2. The fourth-order valence-corrected chi connectivity index (χ4v) is 3.27. The lowest BCUT2D eigenvalue weighted by atomic mass is 10.1. The van der Waals surface area contributed by atoms with Crippen molar-refractivity contribution in [1.82, 2.24) is 0 Å². The zero-order valence-electron chi connectivity index (χ0n) is 9.50. The van der Waals surface area contributed by atoms with Crippen LogP contribution in [0.4, 0.5) is 0 Å². The van der Waals surface area contributed by atoms with Crippen LogP contribution >= 0.6 is 11.8 Å². The summed E-state index contributed by atoms with van der Waals surface area (Å²) in [7, 11) is 0. The first-order valence-electron chi connectivity index (χ1n) is 5.84. The topological polar surface area (TPSA) is 9.23 Å². The fraction of sp³-hybridized carbons (Fsp3) is 0.200. The van der Waals surface area contributed by atoms with E-state index in [1.807, 2.05) is 42.1 Å². The number of para-hydroxylation sites is 1. The Morgan fingerprint density at radius 1 is 1.00 bits per heavy atom. The van der Waals surface area contributed by atoms with Gasteiger partial charge < -0.3 is 4.74 Å². The van der Waals surface area contributed by atoms with Crippen LogP contribution < -0.4 is 4.74 Å². The Bertz CT molecular complexity index is 470. The third-order valence-electron chi connectivity index (χ3n) is 2.89. The van der Waals surface area contributed by atoms with E-state index >= 15 is 0 Å². The molecule has 1 unspecified atom stereocenters.